The van der Waals surface area contributed by atoms with Crippen LogP contribution in [0.25, 0.3) is 6.08 Å². The van der Waals surface area contributed by atoms with E-state index in [-0.39, 0.29) is 16.6 Å². The second kappa shape index (κ2) is 8.46. The van der Waals surface area contributed by atoms with Gasteiger partial charge in [-0.25, -0.2) is 9.18 Å². The van der Waals surface area contributed by atoms with Crippen molar-refractivity contribution in [1.82, 2.24) is 5.32 Å². The minimum atomic E-state index is -0.757. The predicted octanol–water partition coefficient (Wildman–Crippen LogP) is 5.67. The molecule has 0 bridgehead atoms. The zero-order valence-corrected chi connectivity index (χ0v) is 19.3. The van der Waals surface area contributed by atoms with Crippen LogP contribution in [0.3, 0.4) is 0 Å². The lowest BCUT2D eigenvalue weighted by molar-refractivity contribution is 0.00578. The zero-order chi connectivity index (χ0) is 22.2. The van der Waals surface area contributed by atoms with E-state index in [2.05, 4.69) is 5.32 Å². The second-order valence-corrected chi connectivity index (χ2v) is 9.76. The van der Waals surface area contributed by atoms with Gasteiger partial charge in [0.2, 0.25) is 0 Å². The first-order chi connectivity index (χ1) is 13.1. The Labute approximate surface area is 182 Å². The van der Waals surface area contributed by atoms with Crippen LogP contribution in [0.1, 0.15) is 54.0 Å². The van der Waals surface area contributed by atoms with Gasteiger partial charge < -0.3 is 19.4 Å². The normalized spacial score (nSPS) is 18.7. The molecule has 0 aromatic heterocycles. The lowest BCUT2D eigenvalue weighted by Gasteiger charge is -2.32. The summed E-state index contributed by atoms with van der Waals surface area (Å²) in [5.41, 5.74) is -0.838. The number of halogens is 3. The summed E-state index contributed by atoms with van der Waals surface area (Å²) in [5, 5.41) is 2.97. The van der Waals surface area contributed by atoms with E-state index in [1.54, 1.807) is 26.8 Å². The van der Waals surface area contributed by atoms with Crippen LogP contribution >= 0.6 is 23.2 Å². The number of carbonyl (C=O) groups is 1. The number of carbonyl (C=O) groups excluding carboxylic acids is 1. The number of hydrogen-bond donors (Lipinski definition) is 1. The summed E-state index contributed by atoms with van der Waals surface area (Å²) in [5.74, 6) is -0.541. The van der Waals surface area contributed by atoms with E-state index < -0.39 is 35.8 Å². The maximum Gasteiger partial charge on any atom is 0.492 e. The Morgan fingerprint density at radius 2 is 1.66 bits per heavy atom. The summed E-state index contributed by atoms with van der Waals surface area (Å²) >= 11 is 12.4. The van der Waals surface area contributed by atoms with Crippen LogP contribution in [-0.2, 0) is 14.0 Å². The fraction of sp³-hybridized carbons (Fsp3) is 0.550. The van der Waals surface area contributed by atoms with Crippen molar-refractivity contribution in [1.29, 1.82) is 0 Å². The van der Waals surface area contributed by atoms with Gasteiger partial charge in [-0.15, -0.1) is 0 Å². The van der Waals surface area contributed by atoms with Crippen LogP contribution in [0, 0.1) is 5.82 Å². The number of rotatable bonds is 4. The van der Waals surface area contributed by atoms with E-state index in [4.69, 9.17) is 37.2 Å². The Kier molecular flexibility index (Phi) is 7.00. The summed E-state index contributed by atoms with van der Waals surface area (Å²) in [6, 6.07) is 2.34. The van der Waals surface area contributed by atoms with Gasteiger partial charge in [-0.1, -0.05) is 29.3 Å². The van der Waals surface area contributed by atoms with Crippen LogP contribution in [0.15, 0.2) is 17.6 Å². The van der Waals surface area contributed by atoms with Crippen molar-refractivity contribution in [3.8, 4) is 0 Å². The molecule has 1 aliphatic heterocycles. The molecule has 1 aliphatic rings. The molecule has 2 rings (SSSR count). The van der Waals surface area contributed by atoms with Crippen molar-refractivity contribution >= 4 is 42.5 Å². The first-order valence-electron chi connectivity index (χ1n) is 9.29. The molecular weight excluding hydrogens is 419 g/mol. The smallest absolute Gasteiger partial charge is 0.444 e. The Hall–Kier alpha value is -1.28. The van der Waals surface area contributed by atoms with E-state index in [9.17, 15) is 9.18 Å². The SMILES string of the molecule is CC(C)(C)OC(=O)NCC(=Cc1c(Cl)cc(F)cc1Cl)B1OC(C)(C)C(C)(C)O1. The molecule has 0 unspecified atom stereocenters. The first-order valence-corrected chi connectivity index (χ1v) is 10.0. The van der Waals surface area contributed by atoms with Gasteiger partial charge in [0.05, 0.1) is 21.2 Å². The highest BCUT2D eigenvalue weighted by Crippen LogP contribution is 2.39. The number of ether oxygens (including phenoxy) is 1. The van der Waals surface area contributed by atoms with E-state index in [0.29, 0.717) is 11.0 Å². The highest BCUT2D eigenvalue weighted by atomic mass is 35.5. The molecule has 0 atom stereocenters. The van der Waals surface area contributed by atoms with E-state index in [1.165, 1.54) is 12.1 Å². The van der Waals surface area contributed by atoms with Gasteiger partial charge in [0, 0.05) is 12.1 Å². The van der Waals surface area contributed by atoms with Gasteiger partial charge >= 0.3 is 13.2 Å². The third-order valence-corrected chi connectivity index (χ3v) is 5.39. The zero-order valence-electron chi connectivity index (χ0n) is 17.8. The molecule has 0 saturated carbocycles. The number of alkyl carbamates (subject to hydrolysis) is 1. The molecule has 1 heterocycles. The van der Waals surface area contributed by atoms with Gasteiger partial charge in [-0.05, 0) is 66.1 Å². The molecule has 0 aliphatic carbocycles. The van der Waals surface area contributed by atoms with Gasteiger partial charge in [0.25, 0.3) is 0 Å². The van der Waals surface area contributed by atoms with Crippen LogP contribution in [0.2, 0.25) is 10.0 Å². The fourth-order valence-corrected chi connectivity index (χ4v) is 3.13. The van der Waals surface area contributed by atoms with E-state index in [1.807, 2.05) is 27.7 Å². The molecule has 0 spiro atoms. The van der Waals surface area contributed by atoms with Crippen molar-refractivity contribution in [2.24, 2.45) is 0 Å². The third-order valence-electron chi connectivity index (χ3n) is 4.77. The minimum Gasteiger partial charge on any atom is -0.444 e. The summed E-state index contributed by atoms with van der Waals surface area (Å²) in [7, 11) is -0.757. The van der Waals surface area contributed by atoms with Crippen molar-refractivity contribution in [2.45, 2.75) is 65.3 Å². The fourth-order valence-electron chi connectivity index (χ4n) is 2.56. The van der Waals surface area contributed by atoms with Gasteiger partial charge in [-0.3, -0.25) is 0 Å². The van der Waals surface area contributed by atoms with Crippen LogP contribution < -0.4 is 5.32 Å². The third kappa shape index (κ3) is 6.11. The standard InChI is InChI=1S/C20H27BCl2FNO4/c1-18(2,3)27-17(26)25-11-12(21-28-19(4,5)20(6,7)29-21)8-14-15(22)9-13(24)10-16(14)23/h8-10H,11H2,1-7H3,(H,25,26). The molecule has 0 radical (unpaired) electrons. The second-order valence-electron chi connectivity index (χ2n) is 8.95. The summed E-state index contributed by atoms with van der Waals surface area (Å²) in [4.78, 5) is 12.1. The van der Waals surface area contributed by atoms with Crippen LogP contribution in [0.5, 0.6) is 0 Å². The van der Waals surface area contributed by atoms with Crippen molar-refractivity contribution in [2.75, 3.05) is 6.54 Å². The number of nitrogens with one attached hydrogen (secondary N) is 1. The van der Waals surface area contributed by atoms with E-state index in [0.717, 1.165) is 0 Å². The molecule has 1 fully saturated rings. The monoisotopic (exact) mass is 445 g/mol. The topological polar surface area (TPSA) is 56.8 Å². The molecule has 1 amide bonds. The van der Waals surface area contributed by atoms with Crippen molar-refractivity contribution in [3.63, 3.8) is 0 Å². The summed E-state index contributed by atoms with van der Waals surface area (Å²) in [6.07, 6.45) is 1.06. The average molecular weight is 446 g/mol. The first kappa shape index (κ1) is 24.0. The molecule has 9 heteroatoms. The molecule has 160 valence electrons. The van der Waals surface area contributed by atoms with E-state index >= 15 is 0 Å². The van der Waals surface area contributed by atoms with Crippen LogP contribution in [-0.4, -0.2) is 36.6 Å². The quantitative estimate of drug-likeness (QED) is 0.606. The largest absolute Gasteiger partial charge is 0.492 e. The van der Waals surface area contributed by atoms with Gasteiger partial charge in [0.15, 0.2) is 0 Å². The van der Waals surface area contributed by atoms with Gasteiger partial charge in [-0.2, -0.15) is 0 Å². The lowest BCUT2D eigenvalue weighted by Crippen LogP contribution is -2.41. The molecule has 1 aromatic rings. The summed E-state index contributed by atoms with van der Waals surface area (Å²) < 4.78 is 31.0. The Balaban J connectivity index is 2.36. The minimum absolute atomic E-state index is 0.0653. The lowest BCUT2D eigenvalue weighted by atomic mass is 9.77. The molecule has 1 aromatic carbocycles. The Bertz CT molecular complexity index is 782. The van der Waals surface area contributed by atoms with Gasteiger partial charge in [0.1, 0.15) is 11.4 Å². The Morgan fingerprint density at radius 1 is 1.17 bits per heavy atom. The maximum atomic E-state index is 13.5. The molecule has 29 heavy (non-hydrogen) atoms. The van der Waals surface area contributed by atoms with Crippen LogP contribution in [0.4, 0.5) is 9.18 Å². The average Bonchev–Trinajstić information content (AvgIpc) is 2.71. The number of amides is 1. The predicted molar refractivity (Wildman–Crippen MR) is 115 cm³/mol. The molecular formula is C20H27BCl2FNO4. The highest BCUT2D eigenvalue weighted by molar-refractivity contribution is 6.56. The maximum absolute atomic E-state index is 13.5. The van der Waals surface area contributed by atoms with Crippen molar-refractivity contribution in [3.05, 3.63) is 39.0 Å². The number of hydrogen-bond acceptors (Lipinski definition) is 4. The number of benzene rings is 1. The molecule has 1 N–H and O–H groups in total. The van der Waals surface area contributed by atoms with Crippen molar-refractivity contribution < 1.29 is 23.2 Å². The highest BCUT2D eigenvalue weighted by Gasteiger charge is 2.52. The molecule has 5 nitrogen and oxygen atoms in total. The molecule has 1 saturated heterocycles. The summed E-state index contributed by atoms with van der Waals surface area (Å²) in [6.45, 7) is 13.1. The Morgan fingerprint density at radius 3 is 2.10 bits per heavy atom.